The van der Waals surface area contributed by atoms with Gasteiger partial charge >= 0.3 is 5.97 Å². The van der Waals surface area contributed by atoms with Gasteiger partial charge in [0.25, 0.3) is 0 Å². The summed E-state index contributed by atoms with van der Waals surface area (Å²) in [5.41, 5.74) is 0.326. The van der Waals surface area contributed by atoms with Crippen LogP contribution in [0.2, 0.25) is 0 Å². The zero-order chi connectivity index (χ0) is 10.8. The number of carboxylic acid groups (broad SMARTS) is 1. The molecule has 0 aliphatic rings. The van der Waals surface area contributed by atoms with Crippen molar-refractivity contribution < 1.29 is 14.7 Å². The molecule has 0 amide bonds. The van der Waals surface area contributed by atoms with Gasteiger partial charge in [0.2, 0.25) is 0 Å². The Morgan fingerprint density at radius 1 is 1.29 bits per heavy atom. The lowest BCUT2D eigenvalue weighted by molar-refractivity contribution is -0.142. The second-order valence-corrected chi connectivity index (χ2v) is 3.67. The molecule has 3 heteroatoms. The van der Waals surface area contributed by atoms with Crippen LogP contribution in [0.25, 0.3) is 0 Å². The first-order chi connectivity index (χ1) is 6.48. The molecular formula is C11H12O3. The second-order valence-electron chi connectivity index (χ2n) is 3.67. The van der Waals surface area contributed by atoms with Gasteiger partial charge in [-0.1, -0.05) is 24.3 Å². The maximum atomic E-state index is 10.9. The molecule has 0 aromatic heterocycles. The molecule has 0 aliphatic carbocycles. The zero-order valence-electron chi connectivity index (χ0n) is 8.15. The van der Waals surface area contributed by atoms with Crippen LogP contribution in [0.15, 0.2) is 24.3 Å². The molecule has 0 saturated carbocycles. The smallest absolute Gasteiger partial charge is 0.313 e. The zero-order valence-corrected chi connectivity index (χ0v) is 8.15. The minimum atomic E-state index is -0.915. The molecule has 1 aromatic carbocycles. The van der Waals surface area contributed by atoms with Crippen LogP contribution < -0.4 is 0 Å². The van der Waals surface area contributed by atoms with Gasteiger partial charge < -0.3 is 5.11 Å². The minimum absolute atomic E-state index is 0.551. The van der Waals surface area contributed by atoms with Gasteiger partial charge in [-0.25, -0.2) is 0 Å². The molecule has 74 valence electrons. The number of rotatable bonds is 3. The molecular weight excluding hydrogens is 180 g/mol. The summed E-state index contributed by atoms with van der Waals surface area (Å²) in [6.45, 7) is 3.26. The molecule has 0 fully saturated rings. The third-order valence-corrected chi connectivity index (χ3v) is 2.30. The minimum Gasteiger partial charge on any atom is -0.481 e. The average Bonchev–Trinajstić information content (AvgIpc) is 2.17. The summed E-state index contributed by atoms with van der Waals surface area (Å²) in [6.07, 6.45) is 0.734. The molecule has 0 aliphatic heterocycles. The number of carbonyl (C=O) groups excluding carboxylic acids is 1. The Bertz CT molecular complexity index is 349. The Labute approximate surface area is 82.4 Å². The molecule has 14 heavy (non-hydrogen) atoms. The fourth-order valence-corrected chi connectivity index (χ4v) is 1.10. The van der Waals surface area contributed by atoms with E-state index in [0.717, 1.165) is 6.29 Å². The highest BCUT2D eigenvalue weighted by Crippen LogP contribution is 2.23. The predicted octanol–water partition coefficient (Wildman–Crippen LogP) is 1.86. The van der Waals surface area contributed by atoms with Gasteiger partial charge in [-0.3, -0.25) is 9.59 Å². The first-order valence-electron chi connectivity index (χ1n) is 4.27. The van der Waals surface area contributed by atoms with Gasteiger partial charge in [-0.05, 0) is 19.4 Å². The maximum Gasteiger partial charge on any atom is 0.313 e. The van der Waals surface area contributed by atoms with Crippen LogP contribution in [-0.2, 0) is 10.2 Å². The van der Waals surface area contributed by atoms with E-state index >= 15 is 0 Å². The van der Waals surface area contributed by atoms with Crippen molar-refractivity contribution in [3.05, 3.63) is 35.4 Å². The maximum absolute atomic E-state index is 10.9. The largest absolute Gasteiger partial charge is 0.481 e. The quantitative estimate of drug-likeness (QED) is 0.743. The topological polar surface area (TPSA) is 54.4 Å². The van der Waals surface area contributed by atoms with Crippen molar-refractivity contribution in [3.63, 3.8) is 0 Å². The fourth-order valence-electron chi connectivity index (χ4n) is 1.10. The molecule has 0 heterocycles. The lowest BCUT2D eigenvalue weighted by Crippen LogP contribution is -2.28. The van der Waals surface area contributed by atoms with E-state index in [2.05, 4.69) is 0 Å². The van der Waals surface area contributed by atoms with Gasteiger partial charge in [0, 0.05) is 5.56 Å². The van der Waals surface area contributed by atoms with E-state index in [-0.39, 0.29) is 0 Å². The normalized spacial score (nSPS) is 11.0. The first-order valence-corrected chi connectivity index (χ1v) is 4.27. The molecule has 0 radical (unpaired) electrons. The molecule has 1 rings (SSSR count). The van der Waals surface area contributed by atoms with Crippen molar-refractivity contribution in [1.82, 2.24) is 0 Å². The molecule has 1 aromatic rings. The number of aliphatic carboxylic acids is 1. The monoisotopic (exact) mass is 192 g/mol. The number of benzene rings is 1. The number of carboxylic acids is 1. The van der Waals surface area contributed by atoms with E-state index in [0.29, 0.717) is 11.1 Å². The highest BCUT2D eigenvalue weighted by atomic mass is 16.4. The second kappa shape index (κ2) is 3.62. The van der Waals surface area contributed by atoms with Crippen molar-refractivity contribution in [2.24, 2.45) is 0 Å². The number of aldehydes is 1. The first kappa shape index (κ1) is 10.4. The van der Waals surface area contributed by atoms with Crippen molar-refractivity contribution in [3.8, 4) is 0 Å². The predicted molar refractivity (Wildman–Crippen MR) is 52.5 cm³/mol. The summed E-state index contributed by atoms with van der Waals surface area (Å²) >= 11 is 0. The van der Waals surface area contributed by atoms with Crippen molar-refractivity contribution in [1.29, 1.82) is 0 Å². The van der Waals surface area contributed by atoms with E-state index in [9.17, 15) is 9.59 Å². The Kier molecular flexibility index (Phi) is 2.70. The van der Waals surface area contributed by atoms with E-state index in [4.69, 9.17) is 5.11 Å². The Morgan fingerprint density at radius 2 is 1.79 bits per heavy atom. The number of hydrogen-bond acceptors (Lipinski definition) is 2. The molecule has 0 spiro atoms. The third kappa shape index (κ3) is 1.82. The van der Waals surface area contributed by atoms with E-state index in [1.54, 1.807) is 38.1 Å². The van der Waals surface area contributed by atoms with E-state index in [1.807, 2.05) is 0 Å². The molecule has 0 atom stereocenters. The van der Waals surface area contributed by atoms with Crippen LogP contribution >= 0.6 is 0 Å². The van der Waals surface area contributed by atoms with Gasteiger partial charge in [0.15, 0.2) is 0 Å². The van der Waals surface area contributed by atoms with Crippen molar-refractivity contribution in [2.75, 3.05) is 0 Å². The van der Waals surface area contributed by atoms with Crippen LogP contribution in [0.3, 0.4) is 0 Å². The van der Waals surface area contributed by atoms with Crippen molar-refractivity contribution >= 4 is 12.3 Å². The SMILES string of the molecule is CC(C)(C(=O)O)c1ccc(C=O)cc1. The lowest BCUT2D eigenvalue weighted by atomic mass is 9.84. The van der Waals surface area contributed by atoms with Gasteiger partial charge in [0.1, 0.15) is 6.29 Å². The Balaban J connectivity index is 3.08. The molecule has 1 N–H and O–H groups in total. The molecule has 0 saturated heterocycles. The Hall–Kier alpha value is -1.64. The summed E-state index contributed by atoms with van der Waals surface area (Å²) < 4.78 is 0. The van der Waals surface area contributed by atoms with Crippen LogP contribution in [0.5, 0.6) is 0 Å². The fraction of sp³-hybridized carbons (Fsp3) is 0.273. The average molecular weight is 192 g/mol. The summed E-state index contributed by atoms with van der Waals surface area (Å²) in [5.74, 6) is -0.878. The van der Waals surface area contributed by atoms with Crippen LogP contribution in [0.4, 0.5) is 0 Å². The van der Waals surface area contributed by atoms with Gasteiger partial charge in [0.05, 0.1) is 5.41 Å². The van der Waals surface area contributed by atoms with Gasteiger partial charge in [-0.15, -0.1) is 0 Å². The van der Waals surface area contributed by atoms with Crippen LogP contribution in [0, 0.1) is 0 Å². The molecule has 0 unspecified atom stereocenters. The summed E-state index contributed by atoms with van der Waals surface area (Å²) in [5, 5.41) is 8.95. The van der Waals surface area contributed by atoms with Crippen molar-refractivity contribution in [2.45, 2.75) is 19.3 Å². The lowest BCUT2D eigenvalue weighted by Gasteiger charge is -2.19. The van der Waals surface area contributed by atoms with Crippen LogP contribution in [0.1, 0.15) is 29.8 Å². The third-order valence-electron chi connectivity index (χ3n) is 2.30. The van der Waals surface area contributed by atoms with Crippen LogP contribution in [-0.4, -0.2) is 17.4 Å². The summed E-state index contributed by atoms with van der Waals surface area (Å²) in [7, 11) is 0. The number of carbonyl (C=O) groups is 2. The summed E-state index contributed by atoms with van der Waals surface area (Å²) in [4.78, 5) is 21.3. The highest BCUT2D eigenvalue weighted by Gasteiger charge is 2.28. The number of hydrogen-bond donors (Lipinski definition) is 1. The molecule has 3 nitrogen and oxygen atoms in total. The van der Waals surface area contributed by atoms with E-state index in [1.165, 1.54) is 0 Å². The standard InChI is InChI=1S/C11H12O3/c1-11(2,10(13)14)9-5-3-8(7-12)4-6-9/h3-7H,1-2H3,(H,13,14). The highest BCUT2D eigenvalue weighted by molar-refractivity contribution is 5.81. The van der Waals surface area contributed by atoms with E-state index < -0.39 is 11.4 Å². The van der Waals surface area contributed by atoms with Gasteiger partial charge in [-0.2, -0.15) is 0 Å². The molecule has 0 bridgehead atoms. The summed E-state index contributed by atoms with van der Waals surface area (Å²) in [6, 6.07) is 6.57. The Morgan fingerprint density at radius 3 is 2.14 bits per heavy atom.